The Labute approximate surface area is 122 Å². The number of aromatic nitrogens is 1. The Morgan fingerprint density at radius 2 is 2.00 bits per heavy atom. The molecule has 1 heterocycles. The molecule has 1 amide bonds. The maximum Gasteiger partial charge on any atom is 0.257 e. The predicted octanol–water partition coefficient (Wildman–Crippen LogP) is 2.62. The van der Waals surface area contributed by atoms with E-state index in [1.54, 1.807) is 32.9 Å². The first-order chi connectivity index (χ1) is 9.88. The van der Waals surface area contributed by atoms with Gasteiger partial charge in [0.15, 0.2) is 5.43 Å². The van der Waals surface area contributed by atoms with Crippen LogP contribution in [0, 0.1) is 19.7 Å². The van der Waals surface area contributed by atoms with E-state index in [1.165, 1.54) is 18.3 Å². The van der Waals surface area contributed by atoms with Crippen molar-refractivity contribution < 1.29 is 9.18 Å². The summed E-state index contributed by atoms with van der Waals surface area (Å²) in [6.07, 6.45) is 1.38. The molecule has 0 aliphatic rings. The summed E-state index contributed by atoms with van der Waals surface area (Å²) in [7, 11) is 0. The molecular weight excluding hydrogens is 271 g/mol. The zero-order valence-corrected chi connectivity index (χ0v) is 12.2. The van der Waals surface area contributed by atoms with Crippen molar-refractivity contribution in [3.8, 4) is 0 Å². The summed E-state index contributed by atoms with van der Waals surface area (Å²) >= 11 is 0. The third-order valence-corrected chi connectivity index (χ3v) is 3.35. The highest BCUT2D eigenvalue weighted by Gasteiger charge is 2.15. The average Bonchev–Trinajstić information content (AvgIpc) is 2.41. The van der Waals surface area contributed by atoms with Crippen molar-refractivity contribution in [2.75, 3.05) is 0 Å². The molecule has 0 aliphatic heterocycles. The predicted molar refractivity (Wildman–Crippen MR) is 78.8 cm³/mol. The number of nitrogens with one attached hydrogen (secondary N) is 2. The van der Waals surface area contributed by atoms with Crippen LogP contribution in [-0.4, -0.2) is 10.9 Å². The van der Waals surface area contributed by atoms with Gasteiger partial charge in [-0.25, -0.2) is 4.39 Å². The quantitative estimate of drug-likeness (QED) is 0.912. The van der Waals surface area contributed by atoms with Crippen LogP contribution in [0.15, 0.2) is 35.3 Å². The van der Waals surface area contributed by atoms with Gasteiger partial charge in [-0.2, -0.15) is 0 Å². The van der Waals surface area contributed by atoms with Gasteiger partial charge in [-0.3, -0.25) is 9.59 Å². The second-order valence-corrected chi connectivity index (χ2v) is 5.10. The van der Waals surface area contributed by atoms with Crippen molar-refractivity contribution in [2.45, 2.75) is 26.8 Å². The SMILES string of the molecule is Cc1cc(=O)c(C(=O)NC(C)c2ccc(C)c(F)c2)c[nH]1. The lowest BCUT2D eigenvalue weighted by Crippen LogP contribution is -2.31. The molecule has 0 saturated heterocycles. The number of aryl methyl sites for hydroxylation is 2. The molecule has 21 heavy (non-hydrogen) atoms. The minimum Gasteiger partial charge on any atom is -0.364 e. The molecule has 0 fully saturated rings. The third kappa shape index (κ3) is 3.37. The molecule has 2 N–H and O–H groups in total. The van der Waals surface area contributed by atoms with E-state index in [2.05, 4.69) is 10.3 Å². The lowest BCUT2D eigenvalue weighted by atomic mass is 10.1. The van der Waals surface area contributed by atoms with Crippen molar-refractivity contribution >= 4 is 5.91 Å². The first-order valence-corrected chi connectivity index (χ1v) is 6.64. The van der Waals surface area contributed by atoms with Crippen LogP contribution in [0.5, 0.6) is 0 Å². The standard InChI is InChI=1S/C16H17FN2O2/c1-9-4-5-12(7-14(9)17)11(3)19-16(21)13-8-18-10(2)6-15(13)20/h4-8,11H,1-3H3,(H,18,20)(H,19,21). The highest BCUT2D eigenvalue weighted by Crippen LogP contribution is 2.16. The third-order valence-electron chi connectivity index (χ3n) is 3.35. The van der Waals surface area contributed by atoms with Gasteiger partial charge in [0.2, 0.25) is 0 Å². The van der Waals surface area contributed by atoms with E-state index in [0.717, 1.165) is 0 Å². The number of pyridine rings is 1. The summed E-state index contributed by atoms with van der Waals surface area (Å²) in [6.45, 7) is 5.15. The highest BCUT2D eigenvalue weighted by atomic mass is 19.1. The van der Waals surface area contributed by atoms with Gasteiger partial charge in [0, 0.05) is 18.0 Å². The van der Waals surface area contributed by atoms with E-state index >= 15 is 0 Å². The van der Waals surface area contributed by atoms with Crippen molar-refractivity contribution in [3.63, 3.8) is 0 Å². The molecule has 2 rings (SSSR count). The van der Waals surface area contributed by atoms with E-state index in [4.69, 9.17) is 0 Å². The van der Waals surface area contributed by atoms with Gasteiger partial charge in [-0.1, -0.05) is 12.1 Å². The summed E-state index contributed by atoms with van der Waals surface area (Å²) in [5.41, 5.74) is 1.58. The molecule has 1 aromatic heterocycles. The summed E-state index contributed by atoms with van der Waals surface area (Å²) in [5, 5.41) is 2.69. The summed E-state index contributed by atoms with van der Waals surface area (Å²) in [6, 6.07) is 5.77. The zero-order chi connectivity index (χ0) is 15.6. The zero-order valence-electron chi connectivity index (χ0n) is 12.2. The molecule has 2 aromatic rings. The number of halogens is 1. The van der Waals surface area contributed by atoms with Gasteiger partial charge in [0.1, 0.15) is 11.4 Å². The Hall–Kier alpha value is -2.43. The minimum atomic E-state index is -0.482. The Bertz CT molecular complexity index is 737. The number of carbonyl (C=O) groups is 1. The largest absolute Gasteiger partial charge is 0.364 e. The second-order valence-electron chi connectivity index (χ2n) is 5.10. The number of H-pyrrole nitrogens is 1. The Balaban J connectivity index is 2.18. The van der Waals surface area contributed by atoms with Crippen LogP contribution in [0.1, 0.15) is 40.1 Å². The van der Waals surface area contributed by atoms with E-state index in [0.29, 0.717) is 16.8 Å². The maximum absolute atomic E-state index is 13.5. The van der Waals surface area contributed by atoms with E-state index in [1.807, 2.05) is 0 Å². The second kappa shape index (κ2) is 5.91. The lowest BCUT2D eigenvalue weighted by molar-refractivity contribution is 0.0938. The number of benzene rings is 1. The van der Waals surface area contributed by atoms with Gasteiger partial charge in [-0.15, -0.1) is 0 Å². The Morgan fingerprint density at radius 1 is 1.29 bits per heavy atom. The van der Waals surface area contributed by atoms with Crippen LogP contribution in [0.25, 0.3) is 0 Å². The number of carbonyl (C=O) groups excluding carboxylic acids is 1. The topological polar surface area (TPSA) is 62.0 Å². The fourth-order valence-corrected chi connectivity index (χ4v) is 1.99. The molecule has 1 atom stereocenters. The minimum absolute atomic E-state index is 0.0417. The summed E-state index contributed by atoms with van der Waals surface area (Å²) in [4.78, 5) is 26.7. The van der Waals surface area contributed by atoms with Gasteiger partial charge >= 0.3 is 0 Å². The Kier molecular flexibility index (Phi) is 4.21. The number of aromatic amines is 1. The first kappa shape index (κ1) is 15.0. The fraction of sp³-hybridized carbons (Fsp3) is 0.250. The van der Waals surface area contributed by atoms with Crippen molar-refractivity contribution in [2.24, 2.45) is 0 Å². The van der Waals surface area contributed by atoms with Crippen molar-refractivity contribution in [1.82, 2.24) is 10.3 Å². The molecule has 0 saturated carbocycles. The number of hydrogen-bond acceptors (Lipinski definition) is 2. The monoisotopic (exact) mass is 288 g/mol. The van der Waals surface area contributed by atoms with Crippen LogP contribution >= 0.6 is 0 Å². The van der Waals surface area contributed by atoms with Gasteiger partial charge < -0.3 is 10.3 Å². The molecule has 5 heteroatoms. The highest BCUT2D eigenvalue weighted by molar-refractivity contribution is 5.94. The maximum atomic E-state index is 13.5. The number of amides is 1. The fourth-order valence-electron chi connectivity index (χ4n) is 1.99. The van der Waals surface area contributed by atoms with E-state index in [-0.39, 0.29) is 16.8 Å². The van der Waals surface area contributed by atoms with Crippen LogP contribution in [-0.2, 0) is 0 Å². The van der Waals surface area contributed by atoms with Gasteiger partial charge in [0.05, 0.1) is 6.04 Å². The van der Waals surface area contributed by atoms with E-state index < -0.39 is 11.9 Å². The molecular formula is C16H17FN2O2. The molecule has 1 aromatic carbocycles. The van der Waals surface area contributed by atoms with Crippen LogP contribution in [0.3, 0.4) is 0 Å². The number of hydrogen-bond donors (Lipinski definition) is 2. The van der Waals surface area contributed by atoms with E-state index in [9.17, 15) is 14.0 Å². The normalized spacial score (nSPS) is 12.0. The number of rotatable bonds is 3. The van der Waals surface area contributed by atoms with Crippen LogP contribution in [0.2, 0.25) is 0 Å². The molecule has 0 bridgehead atoms. The van der Waals surface area contributed by atoms with Crippen molar-refractivity contribution in [1.29, 1.82) is 0 Å². The molecule has 110 valence electrons. The lowest BCUT2D eigenvalue weighted by Gasteiger charge is -2.14. The van der Waals surface area contributed by atoms with Gasteiger partial charge in [0.25, 0.3) is 5.91 Å². The molecule has 0 radical (unpaired) electrons. The molecule has 4 nitrogen and oxygen atoms in total. The van der Waals surface area contributed by atoms with Crippen LogP contribution in [0.4, 0.5) is 4.39 Å². The molecule has 0 aliphatic carbocycles. The average molecular weight is 288 g/mol. The molecule has 1 unspecified atom stereocenters. The van der Waals surface area contributed by atoms with Crippen LogP contribution < -0.4 is 10.7 Å². The smallest absolute Gasteiger partial charge is 0.257 e. The summed E-state index contributed by atoms with van der Waals surface area (Å²) in [5.74, 6) is -0.800. The Morgan fingerprint density at radius 3 is 2.62 bits per heavy atom. The van der Waals surface area contributed by atoms with Gasteiger partial charge in [-0.05, 0) is 38.0 Å². The molecule has 0 spiro atoms. The summed E-state index contributed by atoms with van der Waals surface area (Å²) < 4.78 is 13.5. The van der Waals surface area contributed by atoms with Crippen molar-refractivity contribution in [3.05, 3.63) is 68.9 Å². The first-order valence-electron chi connectivity index (χ1n) is 6.64.